The summed E-state index contributed by atoms with van der Waals surface area (Å²) in [6, 6.07) is 11.1. The summed E-state index contributed by atoms with van der Waals surface area (Å²) in [7, 11) is 0. The van der Waals surface area contributed by atoms with E-state index in [1.165, 1.54) is 11.3 Å². The number of anilines is 2. The number of nitrogens with one attached hydrogen (secondary N) is 2. The number of benzene rings is 1. The molecular weight excluding hydrogens is 296 g/mol. The van der Waals surface area contributed by atoms with E-state index < -0.39 is 0 Å². The Balaban J connectivity index is 1.65. The second-order valence-electron chi connectivity index (χ2n) is 4.58. The molecule has 0 aliphatic heterocycles. The van der Waals surface area contributed by atoms with E-state index in [0.29, 0.717) is 12.1 Å². The summed E-state index contributed by atoms with van der Waals surface area (Å²) in [5.41, 5.74) is 2.46. The number of hydrogen-bond acceptors (Lipinski definition) is 5. The van der Waals surface area contributed by atoms with Crippen LogP contribution in [0.1, 0.15) is 15.9 Å². The number of amides is 1. The van der Waals surface area contributed by atoms with Gasteiger partial charge in [0.15, 0.2) is 5.13 Å². The van der Waals surface area contributed by atoms with Crippen molar-refractivity contribution < 1.29 is 4.79 Å². The van der Waals surface area contributed by atoms with E-state index in [1.807, 2.05) is 35.7 Å². The molecule has 0 saturated carbocycles. The standard InChI is InChI=1S/C16H14N4OS/c21-15(19-11-12-4-6-17-7-5-12)13-2-1-3-14(10-13)20-16-18-8-9-22-16/h1-10H,11H2,(H,18,20)(H,19,21). The molecule has 5 nitrogen and oxygen atoms in total. The lowest BCUT2D eigenvalue weighted by atomic mass is 10.2. The van der Waals surface area contributed by atoms with Gasteiger partial charge in [-0.05, 0) is 35.9 Å². The SMILES string of the molecule is O=C(NCc1ccncc1)c1cccc(Nc2nccs2)c1. The fourth-order valence-corrected chi connectivity index (χ4v) is 2.48. The Morgan fingerprint density at radius 3 is 2.77 bits per heavy atom. The van der Waals surface area contributed by atoms with Crippen LogP contribution in [0.25, 0.3) is 0 Å². The van der Waals surface area contributed by atoms with Gasteiger partial charge in [-0.15, -0.1) is 11.3 Å². The third kappa shape index (κ3) is 3.67. The van der Waals surface area contributed by atoms with Gasteiger partial charge in [-0.2, -0.15) is 0 Å². The van der Waals surface area contributed by atoms with Gasteiger partial charge in [0.25, 0.3) is 5.91 Å². The maximum Gasteiger partial charge on any atom is 0.251 e. The van der Waals surface area contributed by atoms with Crippen molar-refractivity contribution in [3.8, 4) is 0 Å². The number of thiazole rings is 1. The second-order valence-corrected chi connectivity index (χ2v) is 5.48. The molecule has 0 aliphatic rings. The molecule has 0 radical (unpaired) electrons. The molecule has 0 aliphatic carbocycles. The Hall–Kier alpha value is -2.73. The predicted molar refractivity (Wildman–Crippen MR) is 87.2 cm³/mol. The van der Waals surface area contributed by atoms with Crippen LogP contribution >= 0.6 is 11.3 Å². The average molecular weight is 310 g/mol. The van der Waals surface area contributed by atoms with Crippen LogP contribution in [0.5, 0.6) is 0 Å². The zero-order chi connectivity index (χ0) is 15.2. The van der Waals surface area contributed by atoms with Gasteiger partial charge in [0, 0.05) is 41.8 Å². The second kappa shape index (κ2) is 6.82. The van der Waals surface area contributed by atoms with Gasteiger partial charge in [0.05, 0.1) is 0 Å². The van der Waals surface area contributed by atoms with Gasteiger partial charge in [-0.3, -0.25) is 9.78 Å². The van der Waals surface area contributed by atoms with Crippen LogP contribution in [0.2, 0.25) is 0 Å². The molecule has 2 N–H and O–H groups in total. The van der Waals surface area contributed by atoms with Crippen LogP contribution in [-0.4, -0.2) is 15.9 Å². The number of hydrogen-bond donors (Lipinski definition) is 2. The molecule has 3 rings (SSSR count). The molecule has 0 saturated heterocycles. The van der Waals surface area contributed by atoms with Gasteiger partial charge in [0.2, 0.25) is 0 Å². The minimum atomic E-state index is -0.111. The molecule has 0 unspecified atom stereocenters. The first-order chi connectivity index (χ1) is 10.8. The lowest BCUT2D eigenvalue weighted by Gasteiger charge is -2.07. The fourth-order valence-electron chi connectivity index (χ4n) is 1.93. The molecule has 3 aromatic rings. The number of pyridine rings is 1. The first-order valence-corrected chi connectivity index (χ1v) is 7.63. The van der Waals surface area contributed by atoms with E-state index >= 15 is 0 Å². The molecule has 1 amide bonds. The van der Waals surface area contributed by atoms with Crippen molar-refractivity contribution in [3.05, 3.63) is 71.5 Å². The summed E-state index contributed by atoms with van der Waals surface area (Å²) >= 11 is 1.51. The summed E-state index contributed by atoms with van der Waals surface area (Å²) < 4.78 is 0. The molecule has 6 heteroatoms. The quantitative estimate of drug-likeness (QED) is 0.759. The Labute approximate surface area is 132 Å². The molecule has 1 aromatic carbocycles. The van der Waals surface area contributed by atoms with Crippen molar-refractivity contribution in [3.63, 3.8) is 0 Å². The molecule has 0 bridgehead atoms. The molecule has 0 fully saturated rings. The van der Waals surface area contributed by atoms with Crippen molar-refractivity contribution >= 4 is 28.1 Å². The molecule has 0 spiro atoms. The van der Waals surface area contributed by atoms with Crippen LogP contribution in [0, 0.1) is 0 Å². The fraction of sp³-hybridized carbons (Fsp3) is 0.0625. The van der Waals surface area contributed by atoms with Gasteiger partial charge >= 0.3 is 0 Å². The third-order valence-electron chi connectivity index (χ3n) is 3.01. The molecule has 2 heterocycles. The summed E-state index contributed by atoms with van der Waals surface area (Å²) in [5, 5.41) is 8.76. The number of carbonyl (C=O) groups excluding carboxylic acids is 1. The maximum atomic E-state index is 12.2. The first-order valence-electron chi connectivity index (χ1n) is 6.75. The number of rotatable bonds is 5. The summed E-state index contributed by atoms with van der Waals surface area (Å²) in [6.07, 6.45) is 5.15. The highest BCUT2D eigenvalue weighted by Crippen LogP contribution is 2.19. The normalized spacial score (nSPS) is 10.2. The van der Waals surface area contributed by atoms with Crippen LogP contribution in [0.3, 0.4) is 0 Å². The molecule has 110 valence electrons. The van der Waals surface area contributed by atoms with Crippen molar-refractivity contribution in [2.24, 2.45) is 0 Å². The molecule has 0 atom stereocenters. The lowest BCUT2D eigenvalue weighted by Crippen LogP contribution is -2.22. The van der Waals surface area contributed by atoms with E-state index in [1.54, 1.807) is 24.7 Å². The topological polar surface area (TPSA) is 66.9 Å². The van der Waals surface area contributed by atoms with E-state index in [0.717, 1.165) is 16.4 Å². The van der Waals surface area contributed by atoms with Gasteiger partial charge in [-0.25, -0.2) is 4.98 Å². The minimum Gasteiger partial charge on any atom is -0.348 e. The smallest absolute Gasteiger partial charge is 0.251 e. The largest absolute Gasteiger partial charge is 0.348 e. The molecule has 22 heavy (non-hydrogen) atoms. The summed E-state index contributed by atoms with van der Waals surface area (Å²) in [5.74, 6) is -0.111. The number of aromatic nitrogens is 2. The monoisotopic (exact) mass is 310 g/mol. The van der Waals surface area contributed by atoms with Crippen LogP contribution in [0.4, 0.5) is 10.8 Å². The van der Waals surface area contributed by atoms with Gasteiger partial charge in [0.1, 0.15) is 0 Å². The summed E-state index contributed by atoms with van der Waals surface area (Å²) in [4.78, 5) is 20.3. The highest BCUT2D eigenvalue weighted by Gasteiger charge is 2.06. The molecule has 2 aromatic heterocycles. The van der Waals surface area contributed by atoms with Crippen molar-refractivity contribution in [2.75, 3.05) is 5.32 Å². The highest BCUT2D eigenvalue weighted by atomic mass is 32.1. The van der Waals surface area contributed by atoms with Crippen molar-refractivity contribution in [2.45, 2.75) is 6.54 Å². The summed E-state index contributed by atoms with van der Waals surface area (Å²) in [6.45, 7) is 0.478. The number of carbonyl (C=O) groups is 1. The highest BCUT2D eigenvalue weighted by molar-refractivity contribution is 7.13. The lowest BCUT2D eigenvalue weighted by molar-refractivity contribution is 0.0951. The van der Waals surface area contributed by atoms with E-state index in [2.05, 4.69) is 20.6 Å². The Morgan fingerprint density at radius 2 is 2.00 bits per heavy atom. The van der Waals surface area contributed by atoms with E-state index in [4.69, 9.17) is 0 Å². The van der Waals surface area contributed by atoms with Crippen LogP contribution < -0.4 is 10.6 Å². The van der Waals surface area contributed by atoms with Gasteiger partial charge < -0.3 is 10.6 Å². The van der Waals surface area contributed by atoms with Gasteiger partial charge in [-0.1, -0.05) is 6.07 Å². The Kier molecular flexibility index (Phi) is 4.41. The van der Waals surface area contributed by atoms with E-state index in [-0.39, 0.29) is 5.91 Å². The third-order valence-corrected chi connectivity index (χ3v) is 3.70. The number of nitrogens with zero attached hydrogens (tertiary/aromatic N) is 2. The van der Waals surface area contributed by atoms with Crippen LogP contribution in [0.15, 0.2) is 60.4 Å². The van der Waals surface area contributed by atoms with Crippen molar-refractivity contribution in [1.29, 1.82) is 0 Å². The predicted octanol–water partition coefficient (Wildman–Crippen LogP) is 3.21. The minimum absolute atomic E-state index is 0.111. The molecular formula is C16H14N4OS. The average Bonchev–Trinajstić information content (AvgIpc) is 3.07. The Morgan fingerprint density at radius 1 is 1.14 bits per heavy atom. The first kappa shape index (κ1) is 14.2. The zero-order valence-corrected chi connectivity index (χ0v) is 12.5. The van der Waals surface area contributed by atoms with E-state index in [9.17, 15) is 4.79 Å². The van der Waals surface area contributed by atoms with Crippen molar-refractivity contribution in [1.82, 2.24) is 15.3 Å². The maximum absolute atomic E-state index is 12.2. The Bertz CT molecular complexity index is 744. The zero-order valence-electron chi connectivity index (χ0n) is 11.7. The van der Waals surface area contributed by atoms with Crippen LogP contribution in [-0.2, 0) is 6.54 Å².